The van der Waals surface area contributed by atoms with Crippen molar-refractivity contribution in [1.82, 2.24) is 5.32 Å². The van der Waals surface area contributed by atoms with E-state index in [1.54, 1.807) is 0 Å². The average Bonchev–Trinajstić information content (AvgIpc) is 2.77. The van der Waals surface area contributed by atoms with Gasteiger partial charge in [0.1, 0.15) is 0 Å². The van der Waals surface area contributed by atoms with E-state index in [0.29, 0.717) is 29.8 Å². The third-order valence-corrected chi connectivity index (χ3v) is 9.79. The van der Waals surface area contributed by atoms with Crippen molar-refractivity contribution in [3.63, 3.8) is 0 Å². The number of nitrogens with two attached hydrogens (primary N) is 1. The van der Waals surface area contributed by atoms with Crippen molar-refractivity contribution >= 4 is 5.91 Å². The van der Waals surface area contributed by atoms with Crippen molar-refractivity contribution in [2.45, 2.75) is 108 Å². The molecule has 0 saturated heterocycles. The summed E-state index contributed by atoms with van der Waals surface area (Å²) in [5, 5.41) is 3.54. The Bertz CT molecular complexity index is 779. The summed E-state index contributed by atoms with van der Waals surface area (Å²) in [4.78, 5) is 13.9. The van der Waals surface area contributed by atoms with Crippen LogP contribution in [0.15, 0.2) is 30.3 Å². The zero-order chi connectivity index (χ0) is 22.3. The molecule has 5 aliphatic rings. The predicted octanol–water partition coefficient (Wildman–Crippen LogP) is 5.96. The smallest absolute Gasteiger partial charge is 0.226 e. The van der Waals surface area contributed by atoms with Crippen LogP contribution in [0, 0.1) is 29.1 Å². The van der Waals surface area contributed by atoms with Crippen LogP contribution in [0.1, 0.15) is 96.5 Å². The SMILES string of the molecule is CC(C)CCCC1C2CC3(C(=O)NC4CCC(N)CC4)CC1CC(c1ccccc1)(C2)C3. The van der Waals surface area contributed by atoms with Gasteiger partial charge in [0.25, 0.3) is 0 Å². The highest BCUT2D eigenvalue weighted by molar-refractivity contribution is 5.84. The molecule has 4 bridgehead atoms. The van der Waals surface area contributed by atoms with Crippen LogP contribution in [-0.2, 0) is 10.2 Å². The first kappa shape index (κ1) is 22.4. The number of rotatable bonds is 7. The summed E-state index contributed by atoms with van der Waals surface area (Å²) in [5.74, 6) is 3.44. The van der Waals surface area contributed by atoms with Gasteiger partial charge < -0.3 is 11.1 Å². The summed E-state index contributed by atoms with van der Waals surface area (Å²) in [6, 6.07) is 11.9. The minimum absolute atomic E-state index is 0.143. The molecule has 32 heavy (non-hydrogen) atoms. The minimum Gasteiger partial charge on any atom is -0.353 e. The number of benzene rings is 1. The van der Waals surface area contributed by atoms with Gasteiger partial charge in [0.15, 0.2) is 0 Å². The van der Waals surface area contributed by atoms with Gasteiger partial charge in [-0.3, -0.25) is 4.79 Å². The zero-order valence-corrected chi connectivity index (χ0v) is 20.3. The molecule has 3 nitrogen and oxygen atoms in total. The van der Waals surface area contributed by atoms with Gasteiger partial charge in [0.05, 0.1) is 5.41 Å². The highest BCUT2D eigenvalue weighted by Crippen LogP contribution is 2.68. The highest BCUT2D eigenvalue weighted by atomic mass is 16.2. The van der Waals surface area contributed by atoms with E-state index in [1.807, 2.05) is 0 Å². The minimum atomic E-state index is -0.143. The molecule has 176 valence electrons. The number of nitrogens with one attached hydrogen (secondary N) is 1. The van der Waals surface area contributed by atoms with Gasteiger partial charge in [-0.2, -0.15) is 0 Å². The number of carbonyl (C=O) groups is 1. The Labute approximate surface area is 195 Å². The fourth-order valence-corrected chi connectivity index (χ4v) is 8.48. The van der Waals surface area contributed by atoms with E-state index in [0.717, 1.165) is 56.8 Å². The molecule has 1 aromatic rings. The van der Waals surface area contributed by atoms with E-state index < -0.39 is 0 Å². The van der Waals surface area contributed by atoms with Crippen LogP contribution in [-0.4, -0.2) is 18.0 Å². The molecule has 1 aromatic carbocycles. The van der Waals surface area contributed by atoms with Crippen LogP contribution in [0.2, 0.25) is 0 Å². The third kappa shape index (κ3) is 4.15. The molecule has 0 spiro atoms. The molecular weight excluding hydrogens is 392 g/mol. The number of hydrogen-bond acceptors (Lipinski definition) is 2. The Morgan fingerprint density at radius 2 is 1.69 bits per heavy atom. The lowest BCUT2D eigenvalue weighted by molar-refractivity contribution is -0.159. The van der Waals surface area contributed by atoms with Gasteiger partial charge in [-0.05, 0) is 98.9 Å². The Morgan fingerprint density at radius 3 is 2.31 bits per heavy atom. The van der Waals surface area contributed by atoms with Gasteiger partial charge in [0, 0.05) is 12.1 Å². The number of hydrogen-bond donors (Lipinski definition) is 2. The van der Waals surface area contributed by atoms with Gasteiger partial charge >= 0.3 is 0 Å². The van der Waals surface area contributed by atoms with Crippen LogP contribution in [0.25, 0.3) is 0 Å². The quantitative estimate of drug-likeness (QED) is 0.554. The highest BCUT2D eigenvalue weighted by Gasteiger charge is 2.63. The van der Waals surface area contributed by atoms with E-state index in [-0.39, 0.29) is 10.8 Å². The van der Waals surface area contributed by atoms with Crippen molar-refractivity contribution in [2.24, 2.45) is 34.8 Å². The van der Waals surface area contributed by atoms with E-state index in [1.165, 1.54) is 37.7 Å². The summed E-state index contributed by atoms with van der Waals surface area (Å²) in [5.41, 5.74) is 7.69. The van der Waals surface area contributed by atoms with E-state index in [4.69, 9.17) is 5.73 Å². The normalized spacial score (nSPS) is 40.6. The Balaban J connectivity index is 1.37. The summed E-state index contributed by atoms with van der Waals surface area (Å²) in [6.07, 6.45) is 14.2. The maximum atomic E-state index is 13.9. The van der Waals surface area contributed by atoms with Crippen LogP contribution in [0.4, 0.5) is 0 Å². The topological polar surface area (TPSA) is 55.1 Å². The van der Waals surface area contributed by atoms with Crippen LogP contribution in [0.3, 0.4) is 0 Å². The van der Waals surface area contributed by atoms with Gasteiger partial charge in [0.2, 0.25) is 5.91 Å². The van der Waals surface area contributed by atoms with Crippen LogP contribution >= 0.6 is 0 Å². The Morgan fingerprint density at radius 1 is 1.03 bits per heavy atom. The fraction of sp³-hybridized carbons (Fsp3) is 0.759. The molecule has 3 heteroatoms. The molecule has 3 N–H and O–H groups in total. The lowest BCUT2D eigenvalue weighted by atomic mass is 9.39. The largest absolute Gasteiger partial charge is 0.353 e. The molecule has 5 aliphatic carbocycles. The second-order valence-corrected chi connectivity index (χ2v) is 12.5. The molecule has 6 rings (SSSR count). The number of carbonyl (C=O) groups excluding carboxylic acids is 1. The first-order valence-corrected chi connectivity index (χ1v) is 13.5. The van der Waals surface area contributed by atoms with Crippen molar-refractivity contribution < 1.29 is 4.79 Å². The monoisotopic (exact) mass is 436 g/mol. The second kappa shape index (κ2) is 8.78. The predicted molar refractivity (Wildman–Crippen MR) is 131 cm³/mol. The van der Waals surface area contributed by atoms with E-state index >= 15 is 0 Å². The van der Waals surface area contributed by atoms with Gasteiger partial charge in [-0.25, -0.2) is 0 Å². The molecule has 2 unspecified atom stereocenters. The molecule has 0 aliphatic heterocycles. The van der Waals surface area contributed by atoms with E-state index in [9.17, 15) is 4.79 Å². The first-order chi connectivity index (χ1) is 15.4. The second-order valence-electron chi connectivity index (χ2n) is 12.5. The van der Waals surface area contributed by atoms with Crippen molar-refractivity contribution in [3.05, 3.63) is 35.9 Å². The van der Waals surface area contributed by atoms with Crippen molar-refractivity contribution in [2.75, 3.05) is 0 Å². The summed E-state index contributed by atoms with van der Waals surface area (Å²) >= 11 is 0. The first-order valence-electron chi connectivity index (χ1n) is 13.5. The van der Waals surface area contributed by atoms with Crippen LogP contribution < -0.4 is 11.1 Å². The maximum absolute atomic E-state index is 13.9. The maximum Gasteiger partial charge on any atom is 0.226 e. The molecule has 0 heterocycles. The fourth-order valence-electron chi connectivity index (χ4n) is 8.48. The molecule has 0 aromatic heterocycles. The molecule has 2 atom stereocenters. The molecule has 0 radical (unpaired) electrons. The molecule has 1 amide bonds. The summed E-state index contributed by atoms with van der Waals surface area (Å²) < 4.78 is 0. The molecule has 5 fully saturated rings. The lowest BCUT2D eigenvalue weighted by Gasteiger charge is -2.64. The summed E-state index contributed by atoms with van der Waals surface area (Å²) in [6.45, 7) is 4.69. The van der Waals surface area contributed by atoms with E-state index in [2.05, 4.69) is 49.5 Å². The van der Waals surface area contributed by atoms with Gasteiger partial charge in [-0.15, -0.1) is 0 Å². The molecule has 5 saturated carbocycles. The standard InChI is InChI=1S/C29H44N2O/c1-20(2)7-6-10-26-21-15-28(23-8-4-3-5-9-23)16-22(26)18-29(17-21,19-28)27(32)31-25-13-11-24(30)12-14-25/h3-5,8-9,20-22,24-26H,6-7,10-19,30H2,1-2H3,(H,31,32). The van der Waals surface area contributed by atoms with Gasteiger partial charge in [-0.1, -0.05) is 57.0 Å². The van der Waals surface area contributed by atoms with Crippen molar-refractivity contribution in [3.8, 4) is 0 Å². The molecular formula is C29H44N2O. The average molecular weight is 437 g/mol. The zero-order valence-electron chi connectivity index (χ0n) is 20.3. The Hall–Kier alpha value is -1.35. The van der Waals surface area contributed by atoms with Crippen LogP contribution in [0.5, 0.6) is 0 Å². The third-order valence-electron chi connectivity index (χ3n) is 9.79. The number of amides is 1. The van der Waals surface area contributed by atoms with Crippen molar-refractivity contribution in [1.29, 1.82) is 0 Å². The lowest BCUT2D eigenvalue weighted by Crippen LogP contribution is -2.62. The summed E-state index contributed by atoms with van der Waals surface area (Å²) in [7, 11) is 0. The Kier molecular flexibility index (Phi) is 6.16.